The number of nitrogens with zero attached hydrogens (tertiary/aromatic N) is 32. The highest BCUT2D eigenvalue weighted by molar-refractivity contribution is 6.29. The van der Waals surface area contributed by atoms with Crippen LogP contribution in [0, 0.1) is 0 Å². The summed E-state index contributed by atoms with van der Waals surface area (Å²) in [6, 6.07) is 41.5. The molecular weight excluding hydrogens is 1810 g/mol. The summed E-state index contributed by atoms with van der Waals surface area (Å²) in [5, 5.41) is 62.6. The largest absolute Gasteiger partial charge is 0.506 e. The standard InChI is InChI=1S/C25H25N9O3.C23H21N9O3.2C16H13ClN6O2.C9H13N3O.ClH/c1-2-37-21(36)15-33-16-27-22-23(33)29-25(30-24(22)34-19-6-4-3-5-17(19)13-28-34)32-11-9-31(10-12-32)20-8-7-18(35)14-26-20;33-16-5-6-18(24-12-16)29-7-9-30(10-8-29)23-27-21-20(25-14-31(21)13-19(34)35)22(28-23)32-17-4-2-1-3-15(17)11-26-32;1-2-25-12(24)8-22-9-18-14-13(22)15(21-16(17)20-14)23-11-6-4-3-5-10(11)7-19-23;1-2-25-12(24)8-22-9-18-13-14(22)20-16(17)21-15(13)23-11-6-4-3-5-10(11)7-19-23;13-8-1-2-9(11-7-8)12-5-3-10-4-6-12;/h3-8,13-14,16,35H,2,9-12,15H2,1H3;1-6,11-12,14,33H,7-10,13H2,(H,34,35);2*3-7,9H,2,8H2,1H3;1-2,7,10,13H,3-6H2;1H. The van der Waals surface area contributed by atoms with Crippen LogP contribution in [0.3, 0.4) is 0 Å². The Hall–Kier alpha value is -16.5. The number of aromatic nitrogens is 27. The summed E-state index contributed by atoms with van der Waals surface area (Å²) in [5.41, 5.74) is 7.41. The predicted octanol–water partition coefficient (Wildman–Crippen LogP) is 9.21. The maximum absolute atomic E-state index is 12.3. The number of aliphatic carboxylic acids is 1. The molecule has 18 heterocycles. The second-order valence-electron chi connectivity index (χ2n) is 30.6. The number of imidazole rings is 4. The Morgan fingerprint density at radius 2 is 0.676 bits per heavy atom. The van der Waals surface area contributed by atoms with Crippen LogP contribution in [0.1, 0.15) is 20.8 Å². The van der Waals surface area contributed by atoms with Gasteiger partial charge < -0.3 is 82.7 Å². The van der Waals surface area contributed by atoms with Gasteiger partial charge in [0, 0.05) is 100 Å². The molecule has 0 amide bonds. The van der Waals surface area contributed by atoms with Gasteiger partial charge in [0.25, 0.3) is 0 Å². The number of carbonyl (C=O) groups excluding carboxylic acids is 3. The number of carboxylic acid groups (broad SMARTS) is 1. The average Bonchev–Trinajstić information content (AvgIpc) is 1.60. The van der Waals surface area contributed by atoms with Gasteiger partial charge in [-0.3, -0.25) is 19.2 Å². The number of piperazine rings is 3. The van der Waals surface area contributed by atoms with Crippen LogP contribution in [0.4, 0.5) is 29.4 Å². The third-order valence-corrected chi connectivity index (χ3v) is 22.3. The third-order valence-electron chi connectivity index (χ3n) is 22.0. The molecule has 0 atom stereocenters. The van der Waals surface area contributed by atoms with Crippen molar-refractivity contribution in [2.24, 2.45) is 0 Å². The van der Waals surface area contributed by atoms with Gasteiger partial charge in [0.2, 0.25) is 22.5 Å². The molecule has 0 unspecified atom stereocenters. The Balaban J connectivity index is 0.000000121. The first-order chi connectivity index (χ1) is 65.9. The highest BCUT2D eigenvalue weighted by Crippen LogP contribution is 2.33. The molecule has 3 saturated heterocycles. The summed E-state index contributed by atoms with van der Waals surface area (Å²) in [6.07, 6.45) is 17.5. The Morgan fingerprint density at radius 3 is 1.05 bits per heavy atom. The van der Waals surface area contributed by atoms with Gasteiger partial charge in [-0.1, -0.05) is 72.8 Å². The number of aromatic hydroxyl groups is 3. The minimum atomic E-state index is -0.981. The number of halogens is 3. The van der Waals surface area contributed by atoms with E-state index in [1.807, 2.05) is 109 Å². The lowest BCUT2D eigenvalue weighted by molar-refractivity contribution is -0.144. The minimum absolute atomic E-state index is 0. The van der Waals surface area contributed by atoms with E-state index in [-0.39, 0.29) is 84.3 Å². The number of benzene rings is 4. The van der Waals surface area contributed by atoms with Gasteiger partial charge >= 0.3 is 23.9 Å². The molecule has 694 valence electrons. The molecule has 0 bridgehead atoms. The highest BCUT2D eigenvalue weighted by atomic mass is 35.5. The first kappa shape index (κ1) is 91.4. The Morgan fingerprint density at radius 1 is 0.353 bits per heavy atom. The molecule has 19 aromatic rings. The van der Waals surface area contributed by atoms with E-state index in [9.17, 15) is 34.5 Å². The molecule has 4 aromatic carbocycles. The van der Waals surface area contributed by atoms with E-state index in [1.165, 1.54) is 42.1 Å². The normalized spacial score (nSPS) is 13.3. The number of pyridine rings is 3. The number of hydrogen-bond acceptors (Lipinski definition) is 35. The molecule has 5 N–H and O–H groups in total. The number of anilines is 5. The van der Waals surface area contributed by atoms with E-state index in [4.69, 9.17) is 62.5 Å². The second-order valence-corrected chi connectivity index (χ2v) is 31.3. The number of hydrogen-bond donors (Lipinski definition) is 5. The first-order valence-corrected chi connectivity index (χ1v) is 43.7. The van der Waals surface area contributed by atoms with Crippen LogP contribution in [0.5, 0.6) is 17.2 Å². The molecule has 15 aromatic heterocycles. The predicted molar refractivity (Wildman–Crippen MR) is 506 cm³/mol. The molecule has 0 aliphatic carbocycles. The summed E-state index contributed by atoms with van der Waals surface area (Å²) in [4.78, 5) is 125. The van der Waals surface area contributed by atoms with Crippen LogP contribution in [-0.4, -0.2) is 275 Å². The number of nitrogens with one attached hydrogen (secondary N) is 1. The molecule has 136 heavy (non-hydrogen) atoms. The van der Waals surface area contributed by atoms with Crippen LogP contribution in [0.25, 0.3) is 112 Å². The minimum Gasteiger partial charge on any atom is -0.506 e. The van der Waals surface area contributed by atoms with E-state index < -0.39 is 5.97 Å². The van der Waals surface area contributed by atoms with E-state index >= 15 is 0 Å². The van der Waals surface area contributed by atoms with E-state index in [2.05, 4.69) is 105 Å². The topological polar surface area (TPSA) is 489 Å². The lowest BCUT2D eigenvalue weighted by atomic mass is 10.2. The summed E-state index contributed by atoms with van der Waals surface area (Å²) in [7, 11) is 0. The summed E-state index contributed by atoms with van der Waals surface area (Å²) < 4.78 is 28.3. The molecule has 0 radical (unpaired) electrons. The van der Waals surface area contributed by atoms with Gasteiger partial charge in [-0.2, -0.15) is 60.3 Å². The second kappa shape index (κ2) is 41.1. The number of ether oxygens (including phenoxy) is 3. The summed E-state index contributed by atoms with van der Waals surface area (Å²) in [5.74, 6) is 3.94. The van der Waals surface area contributed by atoms with Crippen molar-refractivity contribution in [1.82, 2.24) is 137 Å². The van der Waals surface area contributed by atoms with Crippen LogP contribution in [-0.2, 0) is 59.6 Å². The Bertz CT molecular complexity index is 7490. The fourth-order valence-corrected chi connectivity index (χ4v) is 15.9. The molecule has 0 spiro atoms. The lowest BCUT2D eigenvalue weighted by Gasteiger charge is -2.35. The number of para-hydroxylation sites is 4. The van der Waals surface area contributed by atoms with Crippen LogP contribution >= 0.6 is 35.6 Å². The number of esters is 3. The average molecular weight is 1900 g/mol. The quantitative estimate of drug-likeness (QED) is 0.0269. The monoisotopic (exact) mass is 1900 g/mol. The maximum atomic E-state index is 12.3. The van der Waals surface area contributed by atoms with E-state index in [0.29, 0.717) is 152 Å². The van der Waals surface area contributed by atoms with Crippen molar-refractivity contribution in [2.75, 3.05) is 123 Å². The summed E-state index contributed by atoms with van der Waals surface area (Å²) >= 11 is 12.2. The van der Waals surface area contributed by atoms with Gasteiger partial charge in [-0.05, 0) is 105 Å². The maximum Gasteiger partial charge on any atom is 0.326 e. The van der Waals surface area contributed by atoms with Crippen molar-refractivity contribution in [3.8, 4) is 40.5 Å². The Kier molecular flexibility index (Phi) is 27.6. The van der Waals surface area contributed by atoms with Gasteiger partial charge in [-0.15, -0.1) is 12.4 Å². The number of carbonyl (C=O) groups is 4. The molecule has 47 heteroatoms. The molecule has 3 aliphatic heterocycles. The molecule has 44 nitrogen and oxygen atoms in total. The van der Waals surface area contributed by atoms with Crippen LogP contribution in [0.2, 0.25) is 10.6 Å². The van der Waals surface area contributed by atoms with Crippen molar-refractivity contribution in [2.45, 2.75) is 47.0 Å². The lowest BCUT2D eigenvalue weighted by Crippen LogP contribution is -2.47. The van der Waals surface area contributed by atoms with Crippen molar-refractivity contribution >= 4 is 177 Å². The number of fused-ring (bicyclic) bond motifs is 8. The number of rotatable bonds is 20. The fraction of sp³-hybridized carbons (Fsp3) is 0.247. The zero-order valence-electron chi connectivity index (χ0n) is 73.1. The van der Waals surface area contributed by atoms with Crippen molar-refractivity contribution in [3.05, 3.63) is 213 Å². The van der Waals surface area contributed by atoms with E-state index in [1.54, 1.807) is 109 Å². The van der Waals surface area contributed by atoms with Gasteiger partial charge in [0.15, 0.2) is 62.4 Å². The van der Waals surface area contributed by atoms with Gasteiger partial charge in [-0.25, -0.2) is 53.6 Å². The van der Waals surface area contributed by atoms with E-state index in [0.717, 1.165) is 87.2 Å². The molecule has 0 saturated carbocycles. The summed E-state index contributed by atoms with van der Waals surface area (Å²) in [6.45, 7) is 15.3. The molecule has 3 aliphatic rings. The fourth-order valence-electron chi connectivity index (χ4n) is 15.6. The SMILES string of the molecule is CCOC(=O)Cn1cnc2c(-n3ncc4ccccc43)nc(Cl)nc21.CCOC(=O)Cn1cnc2c(-n3ncc4ccccc43)nc(N3CCN(c4ccc(O)cn4)CC3)nc21.CCOC(=O)Cn1cnc2nc(Cl)nc(-n3ncc4ccccc43)c21.Cl.O=C(O)Cn1cnc2c(-n3ncc4ccccc43)nc(N3CCN(c4ccc(O)cn4)CC3)nc21.Oc1ccc(N2CCNCC2)nc1. The van der Waals surface area contributed by atoms with Gasteiger partial charge in [0.1, 0.15) is 66.4 Å². The first-order valence-electron chi connectivity index (χ1n) is 42.9. The smallest absolute Gasteiger partial charge is 0.326 e. The molecular formula is C89H86Cl3N33O11. The van der Waals surface area contributed by atoms with Crippen LogP contribution in [0.15, 0.2) is 202 Å². The molecule has 22 rings (SSSR count). The van der Waals surface area contributed by atoms with Crippen molar-refractivity contribution in [1.29, 1.82) is 0 Å². The highest BCUT2D eigenvalue weighted by Gasteiger charge is 2.30. The third kappa shape index (κ3) is 20.0. The van der Waals surface area contributed by atoms with Crippen LogP contribution < -0.4 is 29.8 Å². The Labute approximate surface area is 787 Å². The van der Waals surface area contributed by atoms with Crippen molar-refractivity contribution < 1.29 is 53.8 Å². The van der Waals surface area contributed by atoms with Gasteiger partial charge in [0.05, 0.1) is 111 Å². The zero-order valence-corrected chi connectivity index (χ0v) is 75.4. The number of carboxylic acids is 1. The van der Waals surface area contributed by atoms with Crippen molar-refractivity contribution in [3.63, 3.8) is 0 Å². The zero-order chi connectivity index (χ0) is 93.2. The molecule has 3 fully saturated rings.